The summed E-state index contributed by atoms with van der Waals surface area (Å²) < 4.78 is 42.1. The van der Waals surface area contributed by atoms with E-state index in [-0.39, 0.29) is 11.3 Å². The fraction of sp³-hybridized carbons (Fsp3) is 0.308. The number of phenolic OH excluding ortho intramolecular Hbond substituents is 1. The van der Waals surface area contributed by atoms with Crippen LogP contribution < -0.4 is 0 Å². The Labute approximate surface area is 112 Å². The van der Waals surface area contributed by atoms with E-state index in [0.29, 0.717) is 16.5 Å². The van der Waals surface area contributed by atoms with E-state index in [9.17, 15) is 23.1 Å². The largest absolute Gasteiger partial charge is 0.507 e. The van der Waals surface area contributed by atoms with Gasteiger partial charge in [-0.2, -0.15) is 13.2 Å². The Hall–Kier alpha value is -2.18. The molecule has 2 rings (SSSR count). The monoisotopic (exact) mass is 287 g/mol. The van der Waals surface area contributed by atoms with Gasteiger partial charge >= 0.3 is 12.1 Å². The van der Waals surface area contributed by atoms with Crippen LogP contribution in [0, 0.1) is 6.92 Å². The first-order valence-corrected chi connectivity index (χ1v) is 5.72. The van der Waals surface area contributed by atoms with Crippen LogP contribution in [-0.4, -0.2) is 28.4 Å². The summed E-state index contributed by atoms with van der Waals surface area (Å²) in [5, 5.41) is 10.6. The molecule has 0 amide bonds. The number of halogens is 3. The summed E-state index contributed by atoms with van der Waals surface area (Å²) in [6.45, 7) is -0.132. The van der Waals surface area contributed by atoms with Gasteiger partial charge in [0.1, 0.15) is 11.3 Å². The number of aryl methyl sites for hydroxylation is 2. The molecular weight excluding hydrogens is 275 g/mol. The number of phenols is 1. The van der Waals surface area contributed by atoms with Crippen LogP contribution in [0.15, 0.2) is 18.3 Å². The highest BCUT2D eigenvalue weighted by Crippen LogP contribution is 2.32. The third kappa shape index (κ3) is 2.56. The molecule has 20 heavy (non-hydrogen) atoms. The van der Waals surface area contributed by atoms with Crippen LogP contribution in [0.3, 0.4) is 0 Å². The van der Waals surface area contributed by atoms with Crippen molar-refractivity contribution in [2.75, 3.05) is 6.61 Å². The van der Waals surface area contributed by atoms with E-state index in [1.807, 2.05) is 0 Å². The SMILES string of the molecule is Cc1cc2ccn(C)c2c(C(=O)OCC(F)(F)F)c1O. The van der Waals surface area contributed by atoms with Crippen molar-refractivity contribution in [1.29, 1.82) is 0 Å². The van der Waals surface area contributed by atoms with Gasteiger partial charge in [-0.1, -0.05) is 0 Å². The molecule has 0 aliphatic rings. The molecule has 4 nitrogen and oxygen atoms in total. The summed E-state index contributed by atoms with van der Waals surface area (Å²) in [7, 11) is 1.62. The fourth-order valence-electron chi connectivity index (χ4n) is 2.01. The molecule has 0 unspecified atom stereocenters. The number of aromatic nitrogens is 1. The van der Waals surface area contributed by atoms with Crippen molar-refractivity contribution >= 4 is 16.9 Å². The van der Waals surface area contributed by atoms with E-state index in [1.54, 1.807) is 36.9 Å². The van der Waals surface area contributed by atoms with E-state index in [1.165, 1.54) is 0 Å². The molecule has 1 N–H and O–H groups in total. The standard InChI is InChI=1S/C13H12F3NO3/c1-7-5-8-3-4-17(2)10(8)9(11(7)18)12(19)20-6-13(14,15)16/h3-5,18H,6H2,1-2H3. The van der Waals surface area contributed by atoms with Gasteiger partial charge in [-0.05, 0) is 24.6 Å². The number of benzene rings is 1. The van der Waals surface area contributed by atoms with Crippen molar-refractivity contribution in [3.05, 3.63) is 29.5 Å². The Morgan fingerprint density at radius 1 is 1.45 bits per heavy atom. The number of ether oxygens (including phenoxy) is 1. The molecular formula is C13H12F3NO3. The molecule has 0 aliphatic carbocycles. The normalized spacial score (nSPS) is 11.8. The maximum Gasteiger partial charge on any atom is 0.422 e. The van der Waals surface area contributed by atoms with Gasteiger partial charge in [0, 0.05) is 18.6 Å². The van der Waals surface area contributed by atoms with Crippen molar-refractivity contribution in [3.63, 3.8) is 0 Å². The molecule has 0 fully saturated rings. The highest BCUT2D eigenvalue weighted by atomic mass is 19.4. The number of rotatable bonds is 2. The molecule has 0 aliphatic heterocycles. The molecule has 2 aromatic rings. The predicted octanol–water partition coefficient (Wildman–Crippen LogP) is 2.91. The second-order valence-corrected chi connectivity index (χ2v) is 4.47. The molecule has 108 valence electrons. The van der Waals surface area contributed by atoms with Crippen LogP contribution in [-0.2, 0) is 11.8 Å². The second-order valence-electron chi connectivity index (χ2n) is 4.47. The highest BCUT2D eigenvalue weighted by Gasteiger charge is 2.31. The zero-order chi connectivity index (χ0) is 15.1. The second kappa shape index (κ2) is 4.73. The third-order valence-electron chi connectivity index (χ3n) is 2.89. The Bertz CT molecular complexity index is 674. The van der Waals surface area contributed by atoms with Crippen LogP contribution in [0.1, 0.15) is 15.9 Å². The summed E-state index contributed by atoms with van der Waals surface area (Å²) in [6.07, 6.45) is -2.97. The number of carbonyl (C=O) groups excluding carboxylic acids is 1. The number of nitrogens with zero attached hydrogens (tertiary/aromatic N) is 1. The first-order valence-electron chi connectivity index (χ1n) is 5.72. The summed E-state index contributed by atoms with van der Waals surface area (Å²) in [4.78, 5) is 11.8. The van der Waals surface area contributed by atoms with Crippen LogP contribution in [0.25, 0.3) is 10.9 Å². The highest BCUT2D eigenvalue weighted by molar-refractivity contribution is 6.06. The van der Waals surface area contributed by atoms with Gasteiger partial charge in [0.05, 0.1) is 5.52 Å². The fourth-order valence-corrected chi connectivity index (χ4v) is 2.01. The van der Waals surface area contributed by atoms with Crippen molar-refractivity contribution < 1.29 is 27.8 Å². The minimum Gasteiger partial charge on any atom is -0.507 e. The molecule has 1 heterocycles. The molecule has 0 saturated heterocycles. The van der Waals surface area contributed by atoms with Gasteiger partial charge in [-0.3, -0.25) is 0 Å². The zero-order valence-corrected chi connectivity index (χ0v) is 10.8. The lowest BCUT2D eigenvalue weighted by Crippen LogP contribution is -2.21. The summed E-state index contributed by atoms with van der Waals surface area (Å²) in [6, 6.07) is 3.34. The molecule has 0 bridgehead atoms. The Balaban J connectivity index is 2.49. The Kier molecular flexibility index (Phi) is 3.37. The van der Waals surface area contributed by atoms with Gasteiger partial charge in [-0.15, -0.1) is 0 Å². The molecule has 1 aromatic heterocycles. The van der Waals surface area contributed by atoms with E-state index >= 15 is 0 Å². The maximum absolute atomic E-state index is 12.1. The van der Waals surface area contributed by atoms with Gasteiger partial charge in [0.15, 0.2) is 6.61 Å². The number of esters is 1. The molecule has 7 heteroatoms. The van der Waals surface area contributed by atoms with E-state index in [2.05, 4.69) is 4.74 Å². The number of hydrogen-bond donors (Lipinski definition) is 1. The van der Waals surface area contributed by atoms with Crippen molar-refractivity contribution in [2.24, 2.45) is 7.05 Å². The first-order chi connectivity index (χ1) is 9.20. The van der Waals surface area contributed by atoms with Crippen LogP contribution in [0.2, 0.25) is 0 Å². The van der Waals surface area contributed by atoms with Crippen LogP contribution in [0.5, 0.6) is 5.75 Å². The van der Waals surface area contributed by atoms with Crippen molar-refractivity contribution in [1.82, 2.24) is 4.57 Å². The summed E-state index contributed by atoms with van der Waals surface area (Å²) in [5.41, 5.74) is 0.472. The average molecular weight is 287 g/mol. The number of aromatic hydroxyl groups is 1. The van der Waals surface area contributed by atoms with Crippen molar-refractivity contribution in [3.8, 4) is 5.75 Å². The van der Waals surface area contributed by atoms with Gasteiger partial charge in [-0.25, -0.2) is 4.79 Å². The lowest BCUT2D eigenvalue weighted by atomic mass is 10.1. The average Bonchev–Trinajstić information content (AvgIpc) is 2.68. The zero-order valence-electron chi connectivity index (χ0n) is 10.8. The van der Waals surface area contributed by atoms with Crippen molar-refractivity contribution in [2.45, 2.75) is 13.1 Å². The molecule has 0 spiro atoms. The molecule has 1 aromatic carbocycles. The van der Waals surface area contributed by atoms with Gasteiger partial charge in [0.25, 0.3) is 0 Å². The van der Waals surface area contributed by atoms with E-state index in [4.69, 9.17) is 0 Å². The number of alkyl halides is 3. The topological polar surface area (TPSA) is 51.5 Å². The molecule has 0 atom stereocenters. The lowest BCUT2D eigenvalue weighted by Gasteiger charge is -2.12. The van der Waals surface area contributed by atoms with Gasteiger partial charge < -0.3 is 14.4 Å². The smallest absolute Gasteiger partial charge is 0.422 e. The van der Waals surface area contributed by atoms with Crippen LogP contribution >= 0.6 is 0 Å². The quantitative estimate of drug-likeness (QED) is 0.864. The summed E-state index contributed by atoms with van der Waals surface area (Å²) >= 11 is 0. The number of hydrogen-bond acceptors (Lipinski definition) is 3. The first kappa shape index (κ1) is 14.2. The Morgan fingerprint density at radius 3 is 2.70 bits per heavy atom. The predicted molar refractivity (Wildman–Crippen MR) is 65.7 cm³/mol. The van der Waals surface area contributed by atoms with E-state index in [0.717, 1.165) is 0 Å². The lowest BCUT2D eigenvalue weighted by molar-refractivity contribution is -0.161. The number of carbonyl (C=O) groups is 1. The minimum absolute atomic E-state index is 0.253. The van der Waals surface area contributed by atoms with E-state index < -0.39 is 18.8 Å². The van der Waals surface area contributed by atoms with Gasteiger partial charge in [0.2, 0.25) is 0 Å². The molecule has 0 saturated carbocycles. The number of fused-ring (bicyclic) bond motifs is 1. The molecule has 0 radical (unpaired) electrons. The minimum atomic E-state index is -4.61. The third-order valence-corrected chi connectivity index (χ3v) is 2.89. The van der Waals surface area contributed by atoms with Crippen LogP contribution in [0.4, 0.5) is 13.2 Å². The maximum atomic E-state index is 12.1. The summed E-state index contributed by atoms with van der Waals surface area (Å²) in [5.74, 6) is -1.57. The Morgan fingerprint density at radius 2 is 2.10 bits per heavy atom.